The van der Waals surface area contributed by atoms with E-state index in [0.29, 0.717) is 11.9 Å². The van der Waals surface area contributed by atoms with Crippen LogP contribution in [0.5, 0.6) is 0 Å². The van der Waals surface area contributed by atoms with E-state index in [1.54, 1.807) is 0 Å². The predicted molar refractivity (Wildman–Crippen MR) is 94.1 cm³/mol. The first-order valence-electron chi connectivity index (χ1n) is 7.98. The molecule has 2 aromatic rings. The van der Waals surface area contributed by atoms with Crippen LogP contribution in [0.1, 0.15) is 31.4 Å². The second kappa shape index (κ2) is 6.84. The van der Waals surface area contributed by atoms with Gasteiger partial charge in [0, 0.05) is 5.57 Å². The third-order valence-electron chi connectivity index (χ3n) is 3.92. The van der Waals surface area contributed by atoms with Gasteiger partial charge in [-0.05, 0) is 24.5 Å². The topological polar surface area (TPSA) is 35.5 Å². The second-order valence-corrected chi connectivity index (χ2v) is 7.32. The van der Waals surface area contributed by atoms with Crippen molar-refractivity contribution in [3.63, 3.8) is 0 Å². The maximum atomic E-state index is 13.4. The lowest BCUT2D eigenvalue weighted by Gasteiger charge is -2.16. The van der Waals surface area contributed by atoms with Gasteiger partial charge in [-0.3, -0.25) is 9.09 Å². The van der Waals surface area contributed by atoms with Crippen LogP contribution in [0.15, 0.2) is 60.7 Å². The molecule has 0 saturated carbocycles. The monoisotopic (exact) mass is 328 g/mol. The molecule has 1 heterocycles. The minimum absolute atomic E-state index is 0.218. The van der Waals surface area contributed by atoms with Crippen LogP contribution >= 0.6 is 7.60 Å². The smallest absolute Gasteiger partial charge is 0.305 e. The maximum Gasteiger partial charge on any atom is 0.362 e. The van der Waals surface area contributed by atoms with Crippen molar-refractivity contribution in [3.05, 3.63) is 71.8 Å². The van der Waals surface area contributed by atoms with E-state index in [0.717, 1.165) is 23.1 Å². The van der Waals surface area contributed by atoms with Crippen LogP contribution in [-0.4, -0.2) is 12.7 Å². The lowest BCUT2D eigenvalue weighted by Crippen LogP contribution is -2.07. The van der Waals surface area contributed by atoms with Gasteiger partial charge in [0.25, 0.3) is 0 Å². The van der Waals surface area contributed by atoms with E-state index >= 15 is 0 Å². The summed E-state index contributed by atoms with van der Waals surface area (Å²) in [5.74, 6) is 0. The molecule has 120 valence electrons. The van der Waals surface area contributed by atoms with Crippen LogP contribution in [0.25, 0.3) is 10.9 Å². The third kappa shape index (κ3) is 3.05. The zero-order chi connectivity index (χ0) is 16.3. The molecule has 0 bridgehead atoms. The molecule has 2 aromatic carbocycles. The highest BCUT2D eigenvalue weighted by Gasteiger charge is 2.44. The molecule has 2 atom stereocenters. The summed E-state index contributed by atoms with van der Waals surface area (Å²) >= 11 is 0. The van der Waals surface area contributed by atoms with Crippen molar-refractivity contribution < 1.29 is 13.6 Å². The molecule has 0 aromatic heterocycles. The Kier molecular flexibility index (Phi) is 4.82. The molecular weight excluding hydrogens is 307 g/mol. The predicted octanol–water partition coefficient (Wildman–Crippen LogP) is 5.59. The summed E-state index contributed by atoms with van der Waals surface area (Å²) in [6.07, 6.45) is 0.530. The van der Waals surface area contributed by atoms with Gasteiger partial charge >= 0.3 is 7.60 Å². The Hall–Kier alpha value is -1.67. The molecule has 0 fully saturated rings. The van der Waals surface area contributed by atoms with Gasteiger partial charge in [0.05, 0.1) is 18.0 Å². The van der Waals surface area contributed by atoms with Crippen molar-refractivity contribution >= 4 is 18.5 Å². The molecule has 4 heteroatoms. The second-order valence-electron chi connectivity index (χ2n) is 5.41. The Labute approximate surface area is 137 Å². The lowest BCUT2D eigenvalue weighted by molar-refractivity contribution is 0.197. The Balaban J connectivity index is 2.26. The molecule has 23 heavy (non-hydrogen) atoms. The first-order chi connectivity index (χ1) is 11.2. The number of benzene rings is 2. The summed E-state index contributed by atoms with van der Waals surface area (Å²) in [6, 6.07) is 19.8. The van der Waals surface area contributed by atoms with Crippen molar-refractivity contribution in [1.82, 2.24) is 0 Å². The summed E-state index contributed by atoms with van der Waals surface area (Å²) in [6.45, 7) is 4.23. The van der Waals surface area contributed by atoms with Crippen LogP contribution in [-0.2, 0) is 13.6 Å². The first kappa shape index (κ1) is 16.2. The SMILES string of the molecule is CCO[P@]1(=O)O[C@@H](CC)C(c2ccccc2)=C1c1ccccc1. The zero-order valence-corrected chi connectivity index (χ0v) is 14.3. The van der Waals surface area contributed by atoms with E-state index in [2.05, 4.69) is 0 Å². The number of hydrogen-bond acceptors (Lipinski definition) is 3. The highest BCUT2D eigenvalue weighted by molar-refractivity contribution is 7.66. The van der Waals surface area contributed by atoms with Gasteiger partial charge in [-0.15, -0.1) is 0 Å². The van der Waals surface area contributed by atoms with E-state index in [-0.39, 0.29) is 6.10 Å². The average molecular weight is 328 g/mol. The Morgan fingerprint density at radius 1 is 0.957 bits per heavy atom. The average Bonchev–Trinajstić information content (AvgIpc) is 2.89. The van der Waals surface area contributed by atoms with Crippen molar-refractivity contribution in [2.24, 2.45) is 0 Å². The molecular formula is C19H21O3P. The highest BCUT2D eigenvalue weighted by Crippen LogP contribution is 2.69. The molecule has 0 saturated heterocycles. The minimum atomic E-state index is -3.32. The first-order valence-corrected chi connectivity index (χ1v) is 9.52. The Bertz CT molecular complexity index is 738. The van der Waals surface area contributed by atoms with Crippen LogP contribution in [0.3, 0.4) is 0 Å². The maximum absolute atomic E-state index is 13.4. The molecule has 1 aliphatic heterocycles. The van der Waals surface area contributed by atoms with Crippen LogP contribution in [0, 0.1) is 0 Å². The van der Waals surface area contributed by atoms with Crippen LogP contribution < -0.4 is 0 Å². The molecule has 0 radical (unpaired) electrons. The summed E-state index contributed by atoms with van der Waals surface area (Å²) in [5, 5.41) is 0.706. The quantitative estimate of drug-likeness (QED) is 0.671. The Morgan fingerprint density at radius 3 is 2.04 bits per heavy atom. The molecule has 0 unspecified atom stereocenters. The highest BCUT2D eigenvalue weighted by atomic mass is 31.2. The van der Waals surface area contributed by atoms with Gasteiger partial charge in [-0.1, -0.05) is 67.6 Å². The molecule has 3 rings (SSSR count). The van der Waals surface area contributed by atoms with Crippen LogP contribution in [0.2, 0.25) is 0 Å². The van der Waals surface area contributed by atoms with Gasteiger partial charge in [0.1, 0.15) is 0 Å². The standard InChI is InChI=1S/C19H21O3P/c1-3-17-18(15-11-7-5-8-12-15)19(16-13-9-6-10-14-16)23(20,22-17)21-4-2/h5-14,17H,3-4H2,1-2H3/t17-,23-/m0/s1. The van der Waals surface area contributed by atoms with E-state index in [9.17, 15) is 4.57 Å². The van der Waals surface area contributed by atoms with Crippen molar-refractivity contribution in [1.29, 1.82) is 0 Å². The number of hydrogen-bond donors (Lipinski definition) is 0. The molecule has 0 aliphatic carbocycles. The fourth-order valence-electron chi connectivity index (χ4n) is 2.97. The fraction of sp³-hybridized carbons (Fsp3) is 0.263. The van der Waals surface area contributed by atoms with E-state index in [1.807, 2.05) is 74.5 Å². The largest absolute Gasteiger partial charge is 0.362 e. The molecule has 0 spiro atoms. The van der Waals surface area contributed by atoms with Crippen molar-refractivity contribution in [2.75, 3.05) is 6.61 Å². The van der Waals surface area contributed by atoms with Crippen LogP contribution in [0.4, 0.5) is 0 Å². The van der Waals surface area contributed by atoms with E-state index in [4.69, 9.17) is 9.05 Å². The normalized spacial score (nSPS) is 24.2. The van der Waals surface area contributed by atoms with Gasteiger partial charge in [0.2, 0.25) is 0 Å². The molecule has 0 amide bonds. The number of rotatable bonds is 5. The van der Waals surface area contributed by atoms with Crippen molar-refractivity contribution in [2.45, 2.75) is 26.4 Å². The Morgan fingerprint density at radius 2 is 1.52 bits per heavy atom. The van der Waals surface area contributed by atoms with E-state index in [1.165, 1.54) is 0 Å². The molecule has 3 nitrogen and oxygen atoms in total. The van der Waals surface area contributed by atoms with Gasteiger partial charge in [-0.25, -0.2) is 0 Å². The summed E-state index contributed by atoms with van der Waals surface area (Å²) in [7, 11) is -3.32. The van der Waals surface area contributed by atoms with E-state index < -0.39 is 7.60 Å². The minimum Gasteiger partial charge on any atom is -0.305 e. The van der Waals surface area contributed by atoms with Crippen molar-refractivity contribution in [3.8, 4) is 0 Å². The molecule has 1 aliphatic rings. The summed E-state index contributed by atoms with van der Waals surface area (Å²) < 4.78 is 24.9. The summed E-state index contributed by atoms with van der Waals surface area (Å²) in [4.78, 5) is 0. The zero-order valence-electron chi connectivity index (χ0n) is 13.4. The van der Waals surface area contributed by atoms with Gasteiger partial charge in [-0.2, -0.15) is 0 Å². The molecule has 0 N–H and O–H groups in total. The summed E-state index contributed by atoms with van der Waals surface area (Å²) in [5.41, 5.74) is 2.92. The van der Waals surface area contributed by atoms with Gasteiger partial charge < -0.3 is 4.52 Å². The fourth-order valence-corrected chi connectivity index (χ4v) is 5.22. The third-order valence-corrected chi connectivity index (χ3v) is 6.10. The van der Waals surface area contributed by atoms with Gasteiger partial charge in [0.15, 0.2) is 0 Å². The lowest BCUT2D eigenvalue weighted by atomic mass is 9.96.